The molecule has 0 amide bonds. The Labute approximate surface area is 110 Å². The summed E-state index contributed by atoms with van der Waals surface area (Å²) < 4.78 is 0. The molecule has 1 aliphatic heterocycles. The fourth-order valence-corrected chi connectivity index (χ4v) is 5.25. The lowest BCUT2D eigenvalue weighted by Gasteiger charge is -2.36. The highest BCUT2D eigenvalue weighted by Gasteiger charge is 2.30. The third kappa shape index (κ3) is 4.50. The SMILES string of the molecule is CCCNC(CCC)C1CSC(C)C(C)S1. The molecule has 0 aromatic carbocycles. The van der Waals surface area contributed by atoms with Gasteiger partial charge in [0.2, 0.25) is 0 Å². The van der Waals surface area contributed by atoms with Gasteiger partial charge < -0.3 is 5.32 Å². The van der Waals surface area contributed by atoms with Gasteiger partial charge >= 0.3 is 0 Å². The minimum absolute atomic E-state index is 0.734. The van der Waals surface area contributed by atoms with Crippen molar-refractivity contribution in [1.29, 1.82) is 0 Å². The van der Waals surface area contributed by atoms with E-state index in [0.29, 0.717) is 0 Å². The molecule has 1 N–H and O–H groups in total. The third-order valence-corrected chi connectivity index (χ3v) is 6.83. The van der Waals surface area contributed by atoms with E-state index >= 15 is 0 Å². The molecule has 0 saturated carbocycles. The van der Waals surface area contributed by atoms with E-state index in [1.54, 1.807) is 0 Å². The largest absolute Gasteiger partial charge is 0.313 e. The van der Waals surface area contributed by atoms with Crippen molar-refractivity contribution in [2.45, 2.75) is 68.7 Å². The first-order chi connectivity index (χ1) is 7.69. The van der Waals surface area contributed by atoms with Gasteiger partial charge in [0.1, 0.15) is 0 Å². The Hall–Kier alpha value is 0.660. The van der Waals surface area contributed by atoms with E-state index in [1.165, 1.54) is 31.6 Å². The summed E-state index contributed by atoms with van der Waals surface area (Å²) >= 11 is 4.37. The summed E-state index contributed by atoms with van der Waals surface area (Å²) in [5.41, 5.74) is 0. The predicted octanol–water partition coefficient (Wildman–Crippen LogP) is 3.78. The van der Waals surface area contributed by atoms with Gasteiger partial charge in [-0.15, -0.1) is 0 Å². The molecule has 96 valence electrons. The highest BCUT2D eigenvalue weighted by molar-refractivity contribution is 8.07. The Morgan fingerprint density at radius 1 is 1.19 bits per heavy atom. The van der Waals surface area contributed by atoms with Crippen LogP contribution in [0.3, 0.4) is 0 Å². The molecule has 4 unspecified atom stereocenters. The van der Waals surface area contributed by atoms with Gasteiger partial charge in [0.25, 0.3) is 0 Å². The zero-order valence-corrected chi connectivity index (χ0v) is 12.8. The van der Waals surface area contributed by atoms with Crippen molar-refractivity contribution in [3.63, 3.8) is 0 Å². The standard InChI is InChI=1S/C13H27NS2/c1-5-7-12(14-8-6-2)13-9-15-10(3)11(4)16-13/h10-14H,5-9H2,1-4H3. The average Bonchev–Trinajstić information content (AvgIpc) is 2.28. The van der Waals surface area contributed by atoms with Crippen LogP contribution in [0, 0.1) is 0 Å². The molecule has 0 radical (unpaired) electrons. The van der Waals surface area contributed by atoms with Crippen LogP contribution in [0.4, 0.5) is 0 Å². The van der Waals surface area contributed by atoms with E-state index in [-0.39, 0.29) is 0 Å². The highest BCUT2D eigenvalue weighted by atomic mass is 32.2. The second-order valence-electron chi connectivity index (χ2n) is 4.77. The topological polar surface area (TPSA) is 12.0 Å². The number of nitrogens with one attached hydrogen (secondary N) is 1. The van der Waals surface area contributed by atoms with Gasteiger partial charge in [0.15, 0.2) is 0 Å². The van der Waals surface area contributed by atoms with Crippen LogP contribution in [0.2, 0.25) is 0 Å². The zero-order chi connectivity index (χ0) is 12.0. The minimum atomic E-state index is 0.734. The van der Waals surface area contributed by atoms with E-state index in [9.17, 15) is 0 Å². The number of rotatable bonds is 6. The van der Waals surface area contributed by atoms with Crippen molar-refractivity contribution >= 4 is 23.5 Å². The molecule has 0 aromatic rings. The summed E-state index contributed by atoms with van der Waals surface area (Å²) in [6, 6.07) is 0.734. The Bertz CT molecular complexity index is 185. The quantitative estimate of drug-likeness (QED) is 0.781. The fraction of sp³-hybridized carbons (Fsp3) is 1.00. The molecule has 1 rings (SSSR count). The maximum Gasteiger partial charge on any atom is 0.0294 e. The van der Waals surface area contributed by atoms with Crippen molar-refractivity contribution < 1.29 is 0 Å². The summed E-state index contributed by atoms with van der Waals surface area (Å²) in [6.45, 7) is 10.5. The molecule has 3 heteroatoms. The van der Waals surface area contributed by atoms with Crippen LogP contribution < -0.4 is 5.32 Å². The molecule has 0 spiro atoms. The van der Waals surface area contributed by atoms with E-state index in [1.807, 2.05) is 0 Å². The summed E-state index contributed by atoms with van der Waals surface area (Å²) in [7, 11) is 0. The number of hydrogen-bond donors (Lipinski definition) is 1. The normalized spacial score (nSPS) is 32.6. The molecule has 0 aromatic heterocycles. The Balaban J connectivity index is 2.43. The molecular formula is C13H27NS2. The first-order valence-corrected chi connectivity index (χ1v) is 8.68. The summed E-state index contributed by atoms with van der Waals surface area (Å²) in [6.07, 6.45) is 3.88. The van der Waals surface area contributed by atoms with Crippen LogP contribution in [-0.2, 0) is 0 Å². The Kier molecular flexibility index (Phi) is 7.25. The molecule has 0 bridgehead atoms. The lowest BCUT2D eigenvalue weighted by molar-refractivity contribution is 0.472. The van der Waals surface area contributed by atoms with Crippen LogP contribution in [-0.4, -0.2) is 34.1 Å². The second-order valence-corrected chi connectivity index (χ2v) is 7.80. The second kappa shape index (κ2) is 7.88. The molecule has 4 atom stereocenters. The van der Waals surface area contributed by atoms with Gasteiger partial charge in [-0.25, -0.2) is 0 Å². The molecular weight excluding hydrogens is 234 g/mol. The van der Waals surface area contributed by atoms with Crippen molar-refractivity contribution in [3.8, 4) is 0 Å². The first-order valence-electron chi connectivity index (χ1n) is 6.69. The maximum atomic E-state index is 3.74. The molecule has 16 heavy (non-hydrogen) atoms. The number of hydrogen-bond acceptors (Lipinski definition) is 3. The van der Waals surface area contributed by atoms with Crippen LogP contribution in [0.25, 0.3) is 0 Å². The predicted molar refractivity (Wildman–Crippen MR) is 79.8 cm³/mol. The van der Waals surface area contributed by atoms with Crippen LogP contribution >= 0.6 is 23.5 Å². The summed E-state index contributed by atoms with van der Waals surface area (Å²) in [5, 5.41) is 6.20. The molecule has 1 aliphatic rings. The smallest absolute Gasteiger partial charge is 0.0294 e. The van der Waals surface area contributed by atoms with Crippen molar-refractivity contribution in [1.82, 2.24) is 5.32 Å². The molecule has 1 heterocycles. The van der Waals surface area contributed by atoms with Gasteiger partial charge in [0, 0.05) is 27.5 Å². The minimum Gasteiger partial charge on any atom is -0.313 e. The van der Waals surface area contributed by atoms with Crippen molar-refractivity contribution in [3.05, 3.63) is 0 Å². The highest BCUT2D eigenvalue weighted by Crippen LogP contribution is 2.37. The third-order valence-electron chi connectivity index (χ3n) is 3.28. The lowest BCUT2D eigenvalue weighted by atomic mass is 10.1. The van der Waals surface area contributed by atoms with Gasteiger partial charge in [-0.3, -0.25) is 0 Å². The fourth-order valence-electron chi connectivity index (χ4n) is 2.08. The van der Waals surface area contributed by atoms with Crippen LogP contribution in [0.5, 0.6) is 0 Å². The van der Waals surface area contributed by atoms with Crippen molar-refractivity contribution in [2.75, 3.05) is 12.3 Å². The van der Waals surface area contributed by atoms with E-state index < -0.39 is 0 Å². The number of thioether (sulfide) groups is 2. The average molecular weight is 262 g/mol. The Morgan fingerprint density at radius 3 is 2.50 bits per heavy atom. The van der Waals surface area contributed by atoms with E-state index in [0.717, 1.165) is 21.8 Å². The maximum absolute atomic E-state index is 3.74. The monoisotopic (exact) mass is 261 g/mol. The van der Waals surface area contributed by atoms with E-state index in [4.69, 9.17) is 0 Å². The van der Waals surface area contributed by atoms with Gasteiger partial charge in [0.05, 0.1) is 0 Å². The molecule has 1 saturated heterocycles. The van der Waals surface area contributed by atoms with Gasteiger partial charge in [-0.1, -0.05) is 34.1 Å². The Morgan fingerprint density at radius 2 is 1.94 bits per heavy atom. The lowest BCUT2D eigenvalue weighted by Crippen LogP contribution is -2.43. The molecule has 1 nitrogen and oxygen atoms in total. The summed E-state index contributed by atoms with van der Waals surface area (Å²) in [4.78, 5) is 0. The summed E-state index contributed by atoms with van der Waals surface area (Å²) in [5.74, 6) is 1.33. The first kappa shape index (κ1) is 14.7. The van der Waals surface area contributed by atoms with Gasteiger partial charge in [-0.2, -0.15) is 23.5 Å². The van der Waals surface area contributed by atoms with Crippen molar-refractivity contribution in [2.24, 2.45) is 0 Å². The van der Waals surface area contributed by atoms with Crippen LogP contribution in [0.1, 0.15) is 47.0 Å². The zero-order valence-electron chi connectivity index (χ0n) is 11.2. The van der Waals surface area contributed by atoms with Crippen LogP contribution in [0.15, 0.2) is 0 Å². The molecule has 1 fully saturated rings. The van der Waals surface area contributed by atoms with Gasteiger partial charge in [-0.05, 0) is 19.4 Å². The molecule has 0 aliphatic carbocycles. The van der Waals surface area contributed by atoms with E-state index in [2.05, 4.69) is 56.5 Å².